The Morgan fingerprint density at radius 2 is 1.81 bits per heavy atom. The maximum absolute atomic E-state index is 14.0. The highest BCUT2D eigenvalue weighted by Gasteiger charge is 2.21. The molecule has 112 valence electrons. The maximum atomic E-state index is 14.0. The van der Waals surface area contributed by atoms with Crippen molar-refractivity contribution in [3.05, 3.63) is 65.2 Å². The average Bonchev–Trinajstić information content (AvgIpc) is 2.49. The van der Waals surface area contributed by atoms with Crippen molar-refractivity contribution in [3.8, 4) is 0 Å². The van der Waals surface area contributed by atoms with Gasteiger partial charge in [0.25, 0.3) is 0 Å². The summed E-state index contributed by atoms with van der Waals surface area (Å²) >= 11 is 0. The van der Waals surface area contributed by atoms with Crippen LogP contribution in [0.1, 0.15) is 24.1 Å². The summed E-state index contributed by atoms with van der Waals surface area (Å²) in [4.78, 5) is 1.90. The summed E-state index contributed by atoms with van der Waals surface area (Å²) < 4.78 is 27.5. The van der Waals surface area contributed by atoms with E-state index in [0.29, 0.717) is 24.3 Å². The lowest BCUT2D eigenvalue weighted by Crippen LogP contribution is -2.34. The molecule has 0 spiro atoms. The monoisotopic (exact) mass is 290 g/mol. The Morgan fingerprint density at radius 1 is 1.10 bits per heavy atom. The van der Waals surface area contributed by atoms with E-state index in [4.69, 9.17) is 5.73 Å². The number of hydrogen-bond acceptors (Lipinski definition) is 2. The predicted octanol–water partition coefficient (Wildman–Crippen LogP) is 3.80. The van der Waals surface area contributed by atoms with Crippen molar-refractivity contribution in [2.24, 2.45) is 5.73 Å². The summed E-state index contributed by atoms with van der Waals surface area (Å²) in [5, 5.41) is 0. The molecule has 2 aromatic carbocycles. The lowest BCUT2D eigenvalue weighted by molar-refractivity contribution is 0.584. The van der Waals surface area contributed by atoms with Crippen LogP contribution in [0.5, 0.6) is 0 Å². The molecular weight excluding hydrogens is 270 g/mol. The molecule has 1 unspecified atom stereocenters. The van der Waals surface area contributed by atoms with Crippen LogP contribution < -0.4 is 10.6 Å². The molecule has 2 aromatic rings. The number of anilines is 1. The van der Waals surface area contributed by atoms with E-state index in [9.17, 15) is 8.78 Å². The van der Waals surface area contributed by atoms with Crippen molar-refractivity contribution in [2.75, 3.05) is 18.0 Å². The molecule has 0 aliphatic carbocycles. The van der Waals surface area contributed by atoms with Crippen LogP contribution in [-0.4, -0.2) is 13.1 Å². The van der Waals surface area contributed by atoms with Crippen molar-refractivity contribution < 1.29 is 8.78 Å². The lowest BCUT2D eigenvalue weighted by Gasteiger charge is -2.32. The predicted molar refractivity (Wildman–Crippen MR) is 82.4 cm³/mol. The highest BCUT2D eigenvalue weighted by Crippen LogP contribution is 2.29. The number of hydrogen-bond donors (Lipinski definition) is 1. The molecule has 21 heavy (non-hydrogen) atoms. The number of halogens is 2. The zero-order valence-electron chi connectivity index (χ0n) is 12.3. The molecule has 0 amide bonds. The number of likely N-dealkylation sites (N-methyl/N-ethyl adjacent to an activating group) is 1. The van der Waals surface area contributed by atoms with Gasteiger partial charge in [-0.05, 0) is 43.2 Å². The van der Waals surface area contributed by atoms with Gasteiger partial charge in [-0.25, -0.2) is 8.78 Å². The van der Waals surface area contributed by atoms with Gasteiger partial charge in [0.2, 0.25) is 0 Å². The van der Waals surface area contributed by atoms with Crippen LogP contribution in [0.2, 0.25) is 0 Å². The highest BCUT2D eigenvalue weighted by molar-refractivity contribution is 5.50. The Hall–Kier alpha value is -1.94. The van der Waals surface area contributed by atoms with Crippen molar-refractivity contribution in [1.82, 2.24) is 0 Å². The van der Waals surface area contributed by atoms with Gasteiger partial charge in [0.15, 0.2) is 0 Å². The SMILES string of the molecule is CCN(c1ccccc1F)C(CN)c1ccc(F)c(C)c1. The van der Waals surface area contributed by atoms with Crippen LogP contribution in [0.25, 0.3) is 0 Å². The lowest BCUT2D eigenvalue weighted by atomic mass is 10.0. The molecule has 0 saturated heterocycles. The second-order valence-corrected chi connectivity index (χ2v) is 5.00. The number of aryl methyl sites for hydroxylation is 1. The average molecular weight is 290 g/mol. The number of para-hydroxylation sites is 1. The summed E-state index contributed by atoms with van der Waals surface area (Å²) in [5.41, 5.74) is 7.87. The normalized spacial score (nSPS) is 12.2. The van der Waals surface area contributed by atoms with E-state index in [0.717, 1.165) is 5.56 Å². The third kappa shape index (κ3) is 3.22. The summed E-state index contributed by atoms with van der Waals surface area (Å²) in [7, 11) is 0. The van der Waals surface area contributed by atoms with Gasteiger partial charge in [-0.1, -0.05) is 24.3 Å². The molecule has 2 nitrogen and oxygen atoms in total. The van der Waals surface area contributed by atoms with Crippen LogP contribution in [0.4, 0.5) is 14.5 Å². The van der Waals surface area contributed by atoms with Crippen molar-refractivity contribution in [3.63, 3.8) is 0 Å². The zero-order valence-corrected chi connectivity index (χ0v) is 12.3. The van der Waals surface area contributed by atoms with E-state index in [2.05, 4.69) is 0 Å². The van der Waals surface area contributed by atoms with Gasteiger partial charge in [-0.15, -0.1) is 0 Å². The maximum Gasteiger partial charge on any atom is 0.146 e. The number of benzene rings is 2. The molecular formula is C17H20F2N2. The Bertz CT molecular complexity index is 613. The fourth-order valence-corrected chi connectivity index (χ4v) is 2.56. The van der Waals surface area contributed by atoms with E-state index in [1.54, 1.807) is 37.3 Å². The molecule has 2 rings (SSSR count). The summed E-state index contributed by atoms with van der Waals surface area (Å²) in [6.07, 6.45) is 0. The molecule has 1 atom stereocenters. The van der Waals surface area contributed by atoms with Crippen molar-refractivity contribution in [2.45, 2.75) is 19.9 Å². The van der Waals surface area contributed by atoms with Gasteiger partial charge >= 0.3 is 0 Å². The van der Waals surface area contributed by atoms with Gasteiger partial charge in [0.05, 0.1) is 11.7 Å². The van der Waals surface area contributed by atoms with Crippen molar-refractivity contribution in [1.29, 1.82) is 0 Å². The Kier molecular flexibility index (Phi) is 4.91. The Balaban J connectivity index is 2.42. The van der Waals surface area contributed by atoms with Gasteiger partial charge in [0.1, 0.15) is 11.6 Å². The summed E-state index contributed by atoms with van der Waals surface area (Å²) in [5.74, 6) is -0.528. The molecule has 4 heteroatoms. The number of nitrogens with two attached hydrogens (primary N) is 1. The standard InChI is InChI=1S/C17H20F2N2/c1-3-21(16-7-5-4-6-15(16)19)17(11-20)13-8-9-14(18)12(2)10-13/h4-10,17H,3,11,20H2,1-2H3. The molecule has 0 heterocycles. The van der Waals surface area contributed by atoms with Crippen LogP contribution in [0.15, 0.2) is 42.5 Å². The smallest absolute Gasteiger partial charge is 0.146 e. The summed E-state index contributed by atoms with van der Waals surface area (Å²) in [6.45, 7) is 4.60. The molecule has 0 aliphatic heterocycles. The first kappa shape index (κ1) is 15.4. The minimum atomic E-state index is -0.281. The van der Waals surface area contributed by atoms with Crippen molar-refractivity contribution >= 4 is 5.69 Å². The minimum Gasteiger partial charge on any atom is -0.361 e. The van der Waals surface area contributed by atoms with E-state index < -0.39 is 0 Å². The topological polar surface area (TPSA) is 29.3 Å². The third-order valence-electron chi connectivity index (χ3n) is 3.67. The van der Waals surface area contributed by atoms with Crippen LogP contribution in [-0.2, 0) is 0 Å². The van der Waals surface area contributed by atoms with Gasteiger partial charge in [-0.3, -0.25) is 0 Å². The van der Waals surface area contributed by atoms with Gasteiger partial charge in [0, 0.05) is 13.1 Å². The van der Waals surface area contributed by atoms with E-state index in [-0.39, 0.29) is 17.7 Å². The van der Waals surface area contributed by atoms with E-state index in [1.165, 1.54) is 12.1 Å². The first-order valence-electron chi connectivity index (χ1n) is 7.05. The fourth-order valence-electron chi connectivity index (χ4n) is 2.56. The quantitative estimate of drug-likeness (QED) is 0.907. The fraction of sp³-hybridized carbons (Fsp3) is 0.294. The first-order chi connectivity index (χ1) is 10.1. The van der Waals surface area contributed by atoms with Gasteiger partial charge < -0.3 is 10.6 Å². The molecule has 0 radical (unpaired) electrons. The highest BCUT2D eigenvalue weighted by atomic mass is 19.1. The van der Waals surface area contributed by atoms with E-state index >= 15 is 0 Å². The second kappa shape index (κ2) is 6.68. The number of rotatable bonds is 5. The molecule has 0 aromatic heterocycles. The molecule has 0 aliphatic rings. The Labute approximate surface area is 124 Å². The molecule has 0 bridgehead atoms. The zero-order chi connectivity index (χ0) is 15.4. The molecule has 2 N–H and O–H groups in total. The van der Waals surface area contributed by atoms with Crippen LogP contribution >= 0.6 is 0 Å². The minimum absolute atomic E-state index is 0.189. The Morgan fingerprint density at radius 3 is 2.38 bits per heavy atom. The molecule has 0 fully saturated rings. The number of nitrogens with zero attached hydrogens (tertiary/aromatic N) is 1. The summed E-state index contributed by atoms with van der Waals surface area (Å²) in [6, 6.07) is 11.4. The largest absolute Gasteiger partial charge is 0.361 e. The van der Waals surface area contributed by atoms with E-state index in [1.807, 2.05) is 11.8 Å². The first-order valence-corrected chi connectivity index (χ1v) is 7.05. The van der Waals surface area contributed by atoms with Gasteiger partial charge in [-0.2, -0.15) is 0 Å². The van der Waals surface area contributed by atoms with Crippen LogP contribution in [0.3, 0.4) is 0 Å². The van der Waals surface area contributed by atoms with Crippen LogP contribution in [0, 0.1) is 18.6 Å². The third-order valence-corrected chi connectivity index (χ3v) is 3.67. The molecule has 0 saturated carbocycles. The second-order valence-electron chi connectivity index (χ2n) is 5.00.